The molecule has 1 heterocycles. The fourth-order valence-electron chi connectivity index (χ4n) is 0.734. The van der Waals surface area contributed by atoms with Gasteiger partial charge in [0.2, 0.25) is 0 Å². The number of nitrogens with zero attached hydrogens (tertiary/aromatic N) is 2. The Morgan fingerprint density at radius 1 is 1.55 bits per heavy atom. The third-order valence-electron chi connectivity index (χ3n) is 1.18. The Labute approximate surface area is 67.0 Å². The largest absolute Gasteiger partial charge is 0.298 e. The van der Waals surface area contributed by atoms with Crippen LogP contribution in [0, 0.1) is 6.92 Å². The molecule has 1 aromatic heterocycles. The van der Waals surface area contributed by atoms with E-state index < -0.39 is 0 Å². The van der Waals surface area contributed by atoms with Crippen molar-refractivity contribution in [3.05, 3.63) is 17.5 Å². The van der Waals surface area contributed by atoms with Crippen LogP contribution in [0.25, 0.3) is 0 Å². The minimum absolute atomic E-state index is 0.664. The highest BCUT2D eigenvalue weighted by Gasteiger charge is 1.98. The van der Waals surface area contributed by atoms with Crippen LogP contribution in [-0.4, -0.2) is 16.1 Å². The monoisotopic (exact) mass is 154 g/mol. The van der Waals surface area contributed by atoms with Gasteiger partial charge in [-0.1, -0.05) is 13.8 Å². The van der Waals surface area contributed by atoms with Crippen LogP contribution in [0.3, 0.4) is 0 Å². The lowest BCUT2D eigenvalue weighted by molar-refractivity contribution is 0.112. The summed E-state index contributed by atoms with van der Waals surface area (Å²) in [6, 6.07) is 0. The van der Waals surface area contributed by atoms with Gasteiger partial charge >= 0.3 is 0 Å². The molecule has 0 unspecified atom stereocenters. The van der Waals surface area contributed by atoms with E-state index in [1.165, 1.54) is 0 Å². The molecule has 0 amide bonds. The molecule has 0 atom stereocenters. The molecule has 0 spiro atoms. The smallest absolute Gasteiger partial charge is 0.153 e. The Kier molecular flexibility index (Phi) is 4.18. The number of hydrogen-bond donors (Lipinski definition) is 0. The number of aromatic nitrogens is 2. The predicted octanol–water partition coefficient (Wildman–Crippen LogP) is 1.57. The van der Waals surface area contributed by atoms with Crippen LogP contribution in [0.5, 0.6) is 0 Å². The zero-order valence-corrected chi connectivity index (χ0v) is 7.46. The molecule has 0 aliphatic carbocycles. The number of carbonyl (C=O) groups excluding carboxylic acids is 1. The maximum absolute atomic E-state index is 10.2. The second-order valence-electron chi connectivity index (χ2n) is 1.96. The van der Waals surface area contributed by atoms with Gasteiger partial charge in [0.05, 0.1) is 11.3 Å². The van der Waals surface area contributed by atoms with Gasteiger partial charge in [-0.05, 0) is 6.92 Å². The Morgan fingerprint density at radius 2 is 2.09 bits per heavy atom. The molecule has 0 aromatic carbocycles. The van der Waals surface area contributed by atoms with Crippen LogP contribution >= 0.6 is 0 Å². The van der Waals surface area contributed by atoms with Crippen molar-refractivity contribution < 1.29 is 4.79 Å². The van der Waals surface area contributed by atoms with Gasteiger partial charge in [-0.25, -0.2) is 0 Å². The van der Waals surface area contributed by atoms with E-state index in [2.05, 4.69) is 5.10 Å². The second-order valence-corrected chi connectivity index (χ2v) is 1.96. The molecule has 0 bridgehead atoms. The third kappa shape index (κ3) is 2.53. The summed E-state index contributed by atoms with van der Waals surface area (Å²) in [5, 5.41) is 3.97. The van der Waals surface area contributed by atoms with E-state index in [9.17, 15) is 4.79 Å². The number of aldehydes is 1. The summed E-state index contributed by atoms with van der Waals surface area (Å²) in [4.78, 5) is 10.2. The van der Waals surface area contributed by atoms with Crippen LogP contribution in [0.2, 0.25) is 0 Å². The topological polar surface area (TPSA) is 34.9 Å². The molecule has 0 fully saturated rings. The molecule has 0 N–H and O–H groups in total. The van der Waals surface area contributed by atoms with Gasteiger partial charge in [0.1, 0.15) is 0 Å². The third-order valence-corrected chi connectivity index (χ3v) is 1.18. The van der Waals surface area contributed by atoms with E-state index in [1.54, 1.807) is 17.9 Å². The van der Waals surface area contributed by atoms with Crippen molar-refractivity contribution in [3.8, 4) is 0 Å². The van der Waals surface area contributed by atoms with Crippen LogP contribution in [-0.2, 0) is 7.05 Å². The molecule has 3 nitrogen and oxygen atoms in total. The van der Waals surface area contributed by atoms with Gasteiger partial charge in [0.25, 0.3) is 0 Å². The molecule has 0 aliphatic rings. The zero-order valence-electron chi connectivity index (χ0n) is 7.46. The molecule has 62 valence electrons. The Balaban J connectivity index is 0.000000461. The molecule has 3 heteroatoms. The van der Waals surface area contributed by atoms with Crippen molar-refractivity contribution in [2.24, 2.45) is 7.05 Å². The molecule has 0 aliphatic heterocycles. The summed E-state index contributed by atoms with van der Waals surface area (Å²) in [5.74, 6) is 0. The highest BCUT2D eigenvalue weighted by Crippen LogP contribution is 1.98. The minimum atomic E-state index is 0.664. The molecule has 11 heavy (non-hydrogen) atoms. The molecule has 1 aromatic rings. The van der Waals surface area contributed by atoms with Gasteiger partial charge in [0.15, 0.2) is 6.29 Å². The fourth-order valence-corrected chi connectivity index (χ4v) is 0.734. The highest BCUT2D eigenvalue weighted by molar-refractivity contribution is 5.75. The maximum atomic E-state index is 10.2. The van der Waals surface area contributed by atoms with Crippen molar-refractivity contribution in [2.75, 3.05) is 0 Å². The Hall–Kier alpha value is -1.12. The average Bonchev–Trinajstić information content (AvgIpc) is 2.33. The first kappa shape index (κ1) is 9.88. The first-order valence-corrected chi connectivity index (χ1v) is 3.69. The fraction of sp³-hybridized carbons (Fsp3) is 0.500. The number of aryl methyl sites for hydroxylation is 2. The van der Waals surface area contributed by atoms with E-state index in [4.69, 9.17) is 0 Å². The van der Waals surface area contributed by atoms with Crippen molar-refractivity contribution in [1.29, 1.82) is 0 Å². The van der Waals surface area contributed by atoms with E-state index in [0.717, 1.165) is 12.0 Å². The van der Waals surface area contributed by atoms with Gasteiger partial charge < -0.3 is 0 Å². The van der Waals surface area contributed by atoms with Gasteiger partial charge in [0, 0.05) is 13.2 Å². The number of hydrogen-bond acceptors (Lipinski definition) is 2. The van der Waals surface area contributed by atoms with E-state index in [0.29, 0.717) is 5.56 Å². The lowest BCUT2D eigenvalue weighted by atomic mass is 10.3. The van der Waals surface area contributed by atoms with Crippen molar-refractivity contribution in [1.82, 2.24) is 9.78 Å². The molecule has 1 rings (SSSR count). The molecule has 0 radical (unpaired) electrons. The summed E-state index contributed by atoms with van der Waals surface area (Å²) in [6.45, 7) is 5.81. The normalized spacial score (nSPS) is 8.36. The Bertz CT molecular complexity index is 228. The summed E-state index contributed by atoms with van der Waals surface area (Å²) in [7, 11) is 1.79. The number of rotatable bonds is 1. The SMILES string of the molecule is CC.Cc1nn(C)cc1C=O. The molecule has 0 saturated carbocycles. The minimum Gasteiger partial charge on any atom is -0.298 e. The number of carbonyl (C=O) groups is 1. The molecular weight excluding hydrogens is 140 g/mol. The molecule has 0 saturated heterocycles. The van der Waals surface area contributed by atoms with E-state index in [1.807, 2.05) is 20.8 Å². The van der Waals surface area contributed by atoms with Crippen molar-refractivity contribution in [2.45, 2.75) is 20.8 Å². The van der Waals surface area contributed by atoms with Gasteiger partial charge in [-0.15, -0.1) is 0 Å². The lowest BCUT2D eigenvalue weighted by Gasteiger charge is -1.79. The van der Waals surface area contributed by atoms with Gasteiger partial charge in [-0.3, -0.25) is 9.48 Å². The standard InChI is InChI=1S/C6H8N2O.C2H6/c1-5-6(4-9)3-8(2)7-5;1-2/h3-4H,1-2H3;1-2H3. The lowest BCUT2D eigenvalue weighted by Crippen LogP contribution is -1.86. The summed E-state index contributed by atoms with van der Waals surface area (Å²) >= 11 is 0. The van der Waals surface area contributed by atoms with E-state index >= 15 is 0 Å². The van der Waals surface area contributed by atoms with E-state index in [-0.39, 0.29) is 0 Å². The first-order chi connectivity index (χ1) is 5.24. The van der Waals surface area contributed by atoms with Crippen LogP contribution in [0.4, 0.5) is 0 Å². The zero-order chi connectivity index (χ0) is 8.85. The maximum Gasteiger partial charge on any atom is 0.153 e. The Morgan fingerprint density at radius 3 is 2.27 bits per heavy atom. The predicted molar refractivity (Wildman–Crippen MR) is 44.7 cm³/mol. The average molecular weight is 154 g/mol. The highest BCUT2D eigenvalue weighted by atomic mass is 16.1. The second kappa shape index (κ2) is 4.66. The summed E-state index contributed by atoms with van der Waals surface area (Å²) in [6.07, 6.45) is 2.50. The van der Waals surface area contributed by atoms with Crippen molar-refractivity contribution >= 4 is 6.29 Å². The van der Waals surface area contributed by atoms with Gasteiger partial charge in [-0.2, -0.15) is 5.10 Å². The summed E-state index contributed by atoms with van der Waals surface area (Å²) in [5.41, 5.74) is 1.45. The van der Waals surface area contributed by atoms with Crippen LogP contribution in [0.1, 0.15) is 29.9 Å². The van der Waals surface area contributed by atoms with Crippen molar-refractivity contribution in [3.63, 3.8) is 0 Å². The summed E-state index contributed by atoms with van der Waals surface area (Å²) < 4.78 is 1.62. The van der Waals surface area contributed by atoms with Crippen LogP contribution in [0.15, 0.2) is 6.20 Å². The quantitative estimate of drug-likeness (QED) is 0.575. The molecular formula is C8H14N2O. The first-order valence-electron chi connectivity index (χ1n) is 3.69. The van der Waals surface area contributed by atoms with Crippen LogP contribution < -0.4 is 0 Å².